The molecule has 0 aliphatic carbocycles. The zero-order valence-corrected chi connectivity index (χ0v) is 11.0. The molecule has 0 bridgehead atoms. The van der Waals surface area contributed by atoms with Gasteiger partial charge in [-0.15, -0.1) is 0 Å². The van der Waals surface area contributed by atoms with Crippen molar-refractivity contribution in [3.8, 4) is 0 Å². The van der Waals surface area contributed by atoms with Crippen molar-refractivity contribution in [1.29, 1.82) is 0 Å². The van der Waals surface area contributed by atoms with Gasteiger partial charge in [-0.2, -0.15) is 0 Å². The summed E-state index contributed by atoms with van der Waals surface area (Å²) in [6.45, 7) is 12.4. The fourth-order valence-corrected chi connectivity index (χ4v) is 2.80. The molecule has 1 atom stereocenters. The average molecular weight is 225 g/mol. The van der Waals surface area contributed by atoms with Crippen molar-refractivity contribution in [3.05, 3.63) is 12.3 Å². The van der Waals surface area contributed by atoms with Gasteiger partial charge >= 0.3 is 0 Å². The van der Waals surface area contributed by atoms with E-state index in [2.05, 4.69) is 31.0 Å². The summed E-state index contributed by atoms with van der Waals surface area (Å²) in [6, 6.07) is 0. The fraction of sp³-hybridized carbons (Fsp3) is 0.700. The third-order valence-corrected chi connectivity index (χ3v) is 3.37. The highest BCUT2D eigenvalue weighted by Crippen LogP contribution is 2.25. The van der Waals surface area contributed by atoms with Crippen LogP contribution in [0.25, 0.3) is 0 Å². The molecule has 3 nitrogen and oxygen atoms in total. The van der Waals surface area contributed by atoms with E-state index in [1.165, 1.54) is 0 Å². The summed E-state index contributed by atoms with van der Waals surface area (Å²) in [6.07, 6.45) is 2.03. The Morgan fingerprint density at radius 1 is 1.60 bits per heavy atom. The van der Waals surface area contributed by atoms with E-state index < -0.39 is 8.32 Å². The van der Waals surface area contributed by atoms with Gasteiger partial charge in [-0.25, -0.2) is 0 Å². The van der Waals surface area contributed by atoms with E-state index in [0.29, 0.717) is 13.3 Å². The van der Waals surface area contributed by atoms with Crippen LogP contribution in [0.5, 0.6) is 0 Å². The largest absolute Gasteiger partial charge is 0.548 e. The van der Waals surface area contributed by atoms with Gasteiger partial charge in [-0.05, 0) is 39.2 Å². The Bertz CT molecular complexity index is 252. The van der Waals surface area contributed by atoms with E-state index in [-0.39, 0.29) is 0 Å². The highest BCUT2D eigenvalue weighted by molar-refractivity contribution is 6.70. The zero-order chi connectivity index (χ0) is 11.5. The molecule has 0 aromatic carbocycles. The van der Waals surface area contributed by atoms with Crippen molar-refractivity contribution in [2.75, 3.05) is 13.1 Å². The van der Waals surface area contributed by atoms with Crippen LogP contribution in [0, 0.1) is 5.92 Å². The van der Waals surface area contributed by atoms with Crippen LogP contribution in [0.4, 0.5) is 0 Å². The summed E-state index contributed by atoms with van der Waals surface area (Å²) >= 11 is 0. The van der Waals surface area contributed by atoms with Crippen LogP contribution < -0.4 is 0 Å². The second-order valence-electron chi connectivity index (χ2n) is 5.09. The number of hydrogen-bond donors (Lipinski definition) is 0. The maximum atomic E-state index is 10.4. The first-order chi connectivity index (χ1) is 6.92. The molecule has 1 heterocycles. The predicted octanol–water partition coefficient (Wildman–Crippen LogP) is 1.22. The minimum atomic E-state index is -1.52. The lowest BCUT2D eigenvalue weighted by atomic mass is 9.95. The average Bonchev–Trinajstić information content (AvgIpc) is 2.50. The molecule has 1 fully saturated rings. The van der Waals surface area contributed by atoms with Gasteiger partial charge < -0.3 is 14.0 Å². The van der Waals surface area contributed by atoms with E-state index in [1.54, 1.807) is 0 Å². The standard InChI is InChI=1S/C10H20BNO2Si/c1-9(14-15(2,3)4)10-5-6-12(7-10)11-8-13/h8,10-11H,1,5-7H2,2-4H3. The number of carbonyl (C=O) groups is 1. The SMILES string of the molecule is C=C(O[Si](C)(C)C)C1CCN(BC=O)C1. The Morgan fingerprint density at radius 3 is 2.80 bits per heavy atom. The molecule has 0 spiro atoms. The molecular formula is C10H20BNO2Si. The molecule has 0 aromatic rings. The highest BCUT2D eigenvalue weighted by atomic mass is 28.4. The fourth-order valence-electron chi connectivity index (χ4n) is 1.84. The molecule has 0 amide bonds. The first-order valence-electron chi connectivity index (χ1n) is 5.46. The van der Waals surface area contributed by atoms with Crippen LogP contribution in [-0.4, -0.2) is 39.8 Å². The second-order valence-corrected chi connectivity index (χ2v) is 9.52. The maximum Gasteiger partial charge on any atom is 0.281 e. The first kappa shape index (κ1) is 12.5. The minimum absolute atomic E-state index is 0.414. The normalized spacial score (nSPS) is 22.5. The summed E-state index contributed by atoms with van der Waals surface area (Å²) in [7, 11) is -0.978. The van der Waals surface area contributed by atoms with Crippen molar-refractivity contribution in [3.63, 3.8) is 0 Å². The zero-order valence-electron chi connectivity index (χ0n) is 9.95. The lowest BCUT2D eigenvalue weighted by Gasteiger charge is -2.24. The van der Waals surface area contributed by atoms with Crippen LogP contribution >= 0.6 is 0 Å². The van der Waals surface area contributed by atoms with Crippen LogP contribution in [-0.2, 0) is 9.22 Å². The lowest BCUT2D eigenvalue weighted by Crippen LogP contribution is -2.29. The van der Waals surface area contributed by atoms with Gasteiger partial charge in [0.1, 0.15) is 0 Å². The van der Waals surface area contributed by atoms with E-state index in [9.17, 15) is 4.79 Å². The molecule has 1 saturated heterocycles. The lowest BCUT2D eigenvalue weighted by molar-refractivity contribution is 0.348. The Labute approximate surface area is 93.9 Å². The van der Waals surface area contributed by atoms with Crippen molar-refractivity contribution >= 4 is 21.9 Å². The van der Waals surface area contributed by atoms with Gasteiger partial charge in [0.15, 0.2) is 0 Å². The monoisotopic (exact) mass is 225 g/mol. The second kappa shape index (κ2) is 4.99. The van der Waals surface area contributed by atoms with Crippen molar-refractivity contribution < 1.29 is 9.22 Å². The maximum absolute atomic E-state index is 10.4. The summed E-state index contributed by atoms with van der Waals surface area (Å²) in [5.41, 5.74) is 0. The third kappa shape index (κ3) is 4.22. The number of hydrogen-bond acceptors (Lipinski definition) is 3. The topological polar surface area (TPSA) is 29.5 Å². The van der Waals surface area contributed by atoms with E-state index in [1.807, 2.05) is 0 Å². The van der Waals surface area contributed by atoms with Gasteiger partial charge in [-0.3, -0.25) is 0 Å². The first-order valence-corrected chi connectivity index (χ1v) is 8.87. The van der Waals surface area contributed by atoms with Crippen molar-refractivity contribution in [2.45, 2.75) is 26.1 Å². The van der Waals surface area contributed by atoms with Crippen molar-refractivity contribution in [2.24, 2.45) is 5.92 Å². The van der Waals surface area contributed by atoms with Crippen LogP contribution in [0.2, 0.25) is 19.6 Å². The minimum Gasteiger partial charge on any atom is -0.548 e. The Kier molecular flexibility index (Phi) is 4.16. The Morgan fingerprint density at radius 2 is 2.27 bits per heavy atom. The van der Waals surface area contributed by atoms with Gasteiger partial charge in [0.25, 0.3) is 7.41 Å². The highest BCUT2D eigenvalue weighted by Gasteiger charge is 2.28. The quantitative estimate of drug-likeness (QED) is 0.400. The molecule has 1 aliphatic rings. The molecule has 84 valence electrons. The summed E-state index contributed by atoms with van der Waals surface area (Å²) in [5.74, 6) is 1.33. The van der Waals surface area contributed by atoms with E-state index in [0.717, 1.165) is 31.5 Å². The Hall–Kier alpha value is -0.548. The molecule has 15 heavy (non-hydrogen) atoms. The number of nitrogens with zero attached hydrogens (tertiary/aromatic N) is 1. The summed E-state index contributed by atoms with van der Waals surface area (Å²) in [5, 5.41) is 0. The Balaban J connectivity index is 2.40. The van der Waals surface area contributed by atoms with Gasteiger partial charge in [0, 0.05) is 5.92 Å². The molecule has 5 heteroatoms. The summed E-state index contributed by atoms with van der Waals surface area (Å²) in [4.78, 5) is 12.5. The molecule has 0 saturated carbocycles. The molecule has 1 unspecified atom stereocenters. The van der Waals surface area contributed by atoms with Crippen molar-refractivity contribution in [1.82, 2.24) is 4.81 Å². The molecule has 1 rings (SSSR count). The predicted molar refractivity (Wildman–Crippen MR) is 67.2 cm³/mol. The summed E-state index contributed by atoms with van der Waals surface area (Å²) < 4.78 is 5.88. The van der Waals surface area contributed by atoms with Gasteiger partial charge in [0.05, 0.1) is 11.9 Å². The van der Waals surface area contributed by atoms with Crippen LogP contribution in [0.1, 0.15) is 6.42 Å². The number of rotatable bonds is 5. The van der Waals surface area contributed by atoms with Crippen LogP contribution in [0.3, 0.4) is 0 Å². The smallest absolute Gasteiger partial charge is 0.281 e. The van der Waals surface area contributed by atoms with Gasteiger partial charge in [-0.1, -0.05) is 6.58 Å². The third-order valence-electron chi connectivity index (χ3n) is 2.50. The molecule has 0 radical (unpaired) electrons. The van der Waals surface area contributed by atoms with E-state index >= 15 is 0 Å². The molecule has 0 aromatic heterocycles. The van der Waals surface area contributed by atoms with Crippen LogP contribution in [0.15, 0.2) is 12.3 Å². The molecule has 1 aliphatic heterocycles. The number of carbonyl (C=O) groups excluding carboxylic acids is 1. The van der Waals surface area contributed by atoms with Gasteiger partial charge in [0.2, 0.25) is 8.32 Å². The molecular weight excluding hydrogens is 205 g/mol. The molecule has 0 N–H and O–H groups in total. The van der Waals surface area contributed by atoms with E-state index in [4.69, 9.17) is 4.43 Å².